The van der Waals surface area contributed by atoms with Crippen molar-refractivity contribution in [1.82, 2.24) is 4.98 Å². The molecule has 1 saturated heterocycles. The molecule has 1 aliphatic heterocycles. The highest BCUT2D eigenvalue weighted by atomic mass is 79.9. The van der Waals surface area contributed by atoms with Gasteiger partial charge in [-0.15, -0.1) is 0 Å². The minimum atomic E-state index is 0.846. The predicted octanol–water partition coefficient (Wildman–Crippen LogP) is 3.78. The lowest BCUT2D eigenvalue weighted by atomic mass is 9.95. The SMILES string of the molecule is CCC1CCCN(c2ncc(Br)cc2C)C1. The Bertz CT molecular complexity index is 365. The highest BCUT2D eigenvalue weighted by Gasteiger charge is 2.20. The number of halogens is 1. The molecule has 0 bridgehead atoms. The van der Waals surface area contributed by atoms with Crippen molar-refractivity contribution < 1.29 is 0 Å². The van der Waals surface area contributed by atoms with Gasteiger partial charge < -0.3 is 4.90 Å². The minimum absolute atomic E-state index is 0.846. The van der Waals surface area contributed by atoms with E-state index in [-0.39, 0.29) is 0 Å². The summed E-state index contributed by atoms with van der Waals surface area (Å²) >= 11 is 3.46. The molecule has 1 aliphatic rings. The quantitative estimate of drug-likeness (QED) is 0.821. The van der Waals surface area contributed by atoms with Gasteiger partial charge in [-0.05, 0) is 53.2 Å². The van der Waals surface area contributed by atoms with Crippen molar-refractivity contribution in [3.8, 4) is 0 Å². The van der Waals surface area contributed by atoms with E-state index in [4.69, 9.17) is 0 Å². The van der Waals surface area contributed by atoms with Crippen LogP contribution in [-0.2, 0) is 0 Å². The first-order valence-electron chi connectivity index (χ1n) is 6.07. The molecule has 1 unspecified atom stereocenters. The zero-order chi connectivity index (χ0) is 11.5. The first-order valence-corrected chi connectivity index (χ1v) is 6.87. The smallest absolute Gasteiger partial charge is 0.131 e. The van der Waals surface area contributed by atoms with Gasteiger partial charge in [-0.25, -0.2) is 4.98 Å². The van der Waals surface area contributed by atoms with Crippen LogP contribution in [0.4, 0.5) is 5.82 Å². The van der Waals surface area contributed by atoms with E-state index in [1.54, 1.807) is 0 Å². The Balaban J connectivity index is 2.16. The lowest BCUT2D eigenvalue weighted by Crippen LogP contribution is -2.36. The highest BCUT2D eigenvalue weighted by molar-refractivity contribution is 9.10. The van der Waals surface area contributed by atoms with E-state index in [1.807, 2.05) is 6.20 Å². The molecule has 1 atom stereocenters. The Labute approximate surface area is 106 Å². The Morgan fingerprint density at radius 1 is 1.56 bits per heavy atom. The van der Waals surface area contributed by atoms with Crippen LogP contribution in [0.1, 0.15) is 31.7 Å². The first-order chi connectivity index (χ1) is 7.70. The molecule has 0 aromatic carbocycles. The molecule has 2 nitrogen and oxygen atoms in total. The fraction of sp³-hybridized carbons (Fsp3) is 0.615. The van der Waals surface area contributed by atoms with Crippen LogP contribution in [-0.4, -0.2) is 18.1 Å². The molecule has 0 radical (unpaired) electrons. The Morgan fingerprint density at radius 2 is 2.38 bits per heavy atom. The van der Waals surface area contributed by atoms with Gasteiger partial charge in [0.15, 0.2) is 0 Å². The maximum Gasteiger partial charge on any atom is 0.131 e. The maximum atomic E-state index is 4.55. The van der Waals surface area contributed by atoms with Crippen LogP contribution in [0.25, 0.3) is 0 Å². The van der Waals surface area contributed by atoms with Gasteiger partial charge in [-0.3, -0.25) is 0 Å². The van der Waals surface area contributed by atoms with Gasteiger partial charge in [0, 0.05) is 23.8 Å². The third-order valence-corrected chi connectivity index (χ3v) is 3.85. The number of rotatable bonds is 2. The molecule has 16 heavy (non-hydrogen) atoms. The second-order valence-electron chi connectivity index (χ2n) is 4.66. The summed E-state index contributed by atoms with van der Waals surface area (Å²) in [7, 11) is 0. The summed E-state index contributed by atoms with van der Waals surface area (Å²) in [6.45, 7) is 6.76. The summed E-state index contributed by atoms with van der Waals surface area (Å²) in [5, 5.41) is 0. The molecule has 88 valence electrons. The summed E-state index contributed by atoms with van der Waals surface area (Å²) in [4.78, 5) is 6.99. The van der Waals surface area contributed by atoms with Crippen molar-refractivity contribution in [2.45, 2.75) is 33.1 Å². The standard InChI is InChI=1S/C13H19BrN2/c1-3-11-5-4-6-16(9-11)13-10(2)7-12(14)8-15-13/h7-8,11H,3-6,9H2,1-2H3. The zero-order valence-electron chi connectivity index (χ0n) is 10.0. The number of aryl methyl sites for hydroxylation is 1. The van der Waals surface area contributed by atoms with Gasteiger partial charge in [0.05, 0.1) is 0 Å². The van der Waals surface area contributed by atoms with Crippen LogP contribution in [0.5, 0.6) is 0 Å². The van der Waals surface area contributed by atoms with Crippen molar-refractivity contribution >= 4 is 21.7 Å². The zero-order valence-corrected chi connectivity index (χ0v) is 11.6. The van der Waals surface area contributed by atoms with E-state index in [0.29, 0.717) is 0 Å². The maximum absolute atomic E-state index is 4.55. The third kappa shape index (κ3) is 2.57. The lowest BCUT2D eigenvalue weighted by Gasteiger charge is -2.34. The lowest BCUT2D eigenvalue weighted by molar-refractivity contribution is 0.402. The molecule has 0 amide bonds. The average molecular weight is 283 g/mol. The number of anilines is 1. The van der Waals surface area contributed by atoms with E-state index in [2.05, 4.69) is 45.7 Å². The summed E-state index contributed by atoms with van der Waals surface area (Å²) in [6, 6.07) is 2.15. The predicted molar refractivity (Wildman–Crippen MR) is 71.9 cm³/mol. The summed E-state index contributed by atoms with van der Waals surface area (Å²) in [5.41, 5.74) is 1.27. The van der Waals surface area contributed by atoms with Crippen LogP contribution in [0.15, 0.2) is 16.7 Å². The largest absolute Gasteiger partial charge is 0.356 e. The van der Waals surface area contributed by atoms with Gasteiger partial charge in [-0.1, -0.05) is 13.3 Å². The topological polar surface area (TPSA) is 16.1 Å². The molecule has 2 heterocycles. The van der Waals surface area contributed by atoms with E-state index in [9.17, 15) is 0 Å². The van der Waals surface area contributed by atoms with E-state index >= 15 is 0 Å². The molecule has 1 aromatic rings. The number of piperidine rings is 1. The van der Waals surface area contributed by atoms with Crippen molar-refractivity contribution in [3.63, 3.8) is 0 Å². The van der Waals surface area contributed by atoms with Crippen molar-refractivity contribution in [1.29, 1.82) is 0 Å². The highest BCUT2D eigenvalue weighted by Crippen LogP contribution is 2.26. The molecule has 0 aliphatic carbocycles. The van der Waals surface area contributed by atoms with E-state index < -0.39 is 0 Å². The van der Waals surface area contributed by atoms with Gasteiger partial charge in [0.1, 0.15) is 5.82 Å². The van der Waals surface area contributed by atoms with Crippen molar-refractivity contribution in [2.75, 3.05) is 18.0 Å². The second-order valence-corrected chi connectivity index (χ2v) is 5.57. The molecule has 1 aromatic heterocycles. The Hall–Kier alpha value is -0.570. The van der Waals surface area contributed by atoms with Gasteiger partial charge in [-0.2, -0.15) is 0 Å². The van der Waals surface area contributed by atoms with Crippen LogP contribution in [0.2, 0.25) is 0 Å². The molecule has 0 saturated carbocycles. The van der Waals surface area contributed by atoms with Crippen LogP contribution in [0, 0.1) is 12.8 Å². The fourth-order valence-electron chi connectivity index (χ4n) is 2.45. The summed E-state index contributed by atoms with van der Waals surface area (Å²) in [5.74, 6) is 2.01. The van der Waals surface area contributed by atoms with E-state index in [0.717, 1.165) is 16.9 Å². The number of nitrogens with zero attached hydrogens (tertiary/aromatic N) is 2. The van der Waals surface area contributed by atoms with Gasteiger partial charge in [0.25, 0.3) is 0 Å². The number of hydrogen-bond donors (Lipinski definition) is 0. The third-order valence-electron chi connectivity index (χ3n) is 3.41. The molecule has 0 spiro atoms. The molecule has 2 rings (SSSR count). The molecule has 0 N–H and O–H groups in total. The summed E-state index contributed by atoms with van der Waals surface area (Å²) in [6.07, 6.45) is 5.86. The van der Waals surface area contributed by atoms with Gasteiger partial charge >= 0.3 is 0 Å². The monoisotopic (exact) mass is 282 g/mol. The summed E-state index contributed by atoms with van der Waals surface area (Å²) < 4.78 is 1.07. The van der Waals surface area contributed by atoms with E-state index in [1.165, 1.54) is 37.2 Å². The average Bonchev–Trinajstić information content (AvgIpc) is 2.29. The number of hydrogen-bond acceptors (Lipinski definition) is 2. The Kier molecular flexibility index (Phi) is 3.85. The first kappa shape index (κ1) is 11.9. The van der Waals surface area contributed by atoms with Gasteiger partial charge in [0.2, 0.25) is 0 Å². The molecular formula is C13H19BrN2. The van der Waals surface area contributed by atoms with Crippen LogP contribution >= 0.6 is 15.9 Å². The van der Waals surface area contributed by atoms with Crippen molar-refractivity contribution in [3.05, 3.63) is 22.3 Å². The molecular weight excluding hydrogens is 264 g/mol. The second kappa shape index (κ2) is 5.17. The number of pyridine rings is 1. The normalized spacial score (nSPS) is 21.2. The van der Waals surface area contributed by atoms with Crippen LogP contribution < -0.4 is 4.90 Å². The van der Waals surface area contributed by atoms with Crippen LogP contribution in [0.3, 0.4) is 0 Å². The number of aromatic nitrogens is 1. The van der Waals surface area contributed by atoms with Crippen molar-refractivity contribution in [2.24, 2.45) is 5.92 Å². The molecule has 1 fully saturated rings. The Morgan fingerprint density at radius 3 is 3.06 bits per heavy atom. The molecule has 3 heteroatoms. The fourth-order valence-corrected chi connectivity index (χ4v) is 2.90. The minimum Gasteiger partial charge on any atom is -0.356 e.